The van der Waals surface area contributed by atoms with E-state index in [9.17, 15) is 14.4 Å². The van der Waals surface area contributed by atoms with Crippen molar-refractivity contribution in [2.24, 2.45) is 34.6 Å². The second kappa shape index (κ2) is 5.64. The molecule has 25 heavy (non-hydrogen) atoms. The number of carbonyl (C=O) groups is 3. The van der Waals surface area contributed by atoms with Gasteiger partial charge in [-0.15, -0.1) is 0 Å². The Morgan fingerprint density at radius 3 is 2.24 bits per heavy atom. The second-order valence-electron chi connectivity index (χ2n) is 8.76. The molecule has 134 valence electrons. The van der Waals surface area contributed by atoms with Crippen molar-refractivity contribution in [1.29, 1.82) is 0 Å². The minimum atomic E-state index is -0.934. The van der Waals surface area contributed by atoms with Crippen LogP contribution in [0.3, 0.4) is 0 Å². The lowest BCUT2D eigenvalue weighted by Gasteiger charge is -2.37. The summed E-state index contributed by atoms with van der Waals surface area (Å²) in [7, 11) is 0. The Bertz CT molecular complexity index is 660. The van der Waals surface area contributed by atoms with Gasteiger partial charge in [-0.3, -0.25) is 24.8 Å². The van der Waals surface area contributed by atoms with Gasteiger partial charge in [-0.25, -0.2) is 4.79 Å². The standard InChI is InChI=1S/C19H25N3O3/c23-17-14(9-20-15-7-10-1-3-12(15)5-10)18(24)22(19(25)21-17)16-8-11-2-4-13(16)6-11/h9-16H,1-8H2,(H,21,23,25)/t10-,11-,12-,13-,14+,15-,16+/m0/s1. The maximum absolute atomic E-state index is 12.9. The summed E-state index contributed by atoms with van der Waals surface area (Å²) < 4.78 is 0. The Hall–Kier alpha value is -1.72. The quantitative estimate of drug-likeness (QED) is 0.630. The lowest BCUT2D eigenvalue weighted by Crippen LogP contribution is -2.62. The molecule has 5 rings (SSSR count). The van der Waals surface area contributed by atoms with Gasteiger partial charge in [-0.05, 0) is 62.2 Å². The highest BCUT2D eigenvalue weighted by Crippen LogP contribution is 2.47. The number of fused-ring (bicyclic) bond motifs is 4. The highest BCUT2D eigenvalue weighted by Gasteiger charge is 2.50. The van der Waals surface area contributed by atoms with Gasteiger partial charge in [-0.1, -0.05) is 12.8 Å². The summed E-state index contributed by atoms with van der Waals surface area (Å²) in [5, 5.41) is 2.39. The van der Waals surface area contributed by atoms with E-state index in [2.05, 4.69) is 10.3 Å². The monoisotopic (exact) mass is 343 g/mol. The van der Waals surface area contributed by atoms with Gasteiger partial charge in [-0.2, -0.15) is 0 Å². The number of hydrogen-bond donors (Lipinski definition) is 1. The van der Waals surface area contributed by atoms with Crippen LogP contribution in [0.5, 0.6) is 0 Å². The largest absolute Gasteiger partial charge is 0.331 e. The summed E-state index contributed by atoms with van der Waals surface area (Å²) in [6.07, 6.45) is 10.7. The molecular weight excluding hydrogens is 318 g/mol. The zero-order chi connectivity index (χ0) is 17.1. The number of imide groups is 2. The smallest absolute Gasteiger partial charge is 0.293 e. The van der Waals surface area contributed by atoms with Crippen LogP contribution < -0.4 is 5.32 Å². The number of nitrogens with zero attached hydrogens (tertiary/aromatic N) is 2. The van der Waals surface area contributed by atoms with Gasteiger partial charge in [0.1, 0.15) is 0 Å². The van der Waals surface area contributed by atoms with E-state index in [1.807, 2.05) is 0 Å². The summed E-state index contributed by atoms with van der Waals surface area (Å²) >= 11 is 0. The van der Waals surface area contributed by atoms with Gasteiger partial charge in [0, 0.05) is 12.3 Å². The van der Waals surface area contributed by atoms with Crippen LogP contribution in [0, 0.1) is 29.6 Å². The van der Waals surface area contributed by atoms with Crippen LogP contribution in [0.2, 0.25) is 0 Å². The van der Waals surface area contributed by atoms with Crippen molar-refractivity contribution in [3.05, 3.63) is 0 Å². The fraction of sp³-hybridized carbons (Fsp3) is 0.789. The molecule has 0 aromatic rings. The molecule has 1 saturated heterocycles. The Labute approximate surface area is 147 Å². The number of hydrogen-bond acceptors (Lipinski definition) is 4. The summed E-state index contributed by atoms with van der Waals surface area (Å²) in [6, 6.07) is -0.303. The third-order valence-electron chi connectivity index (χ3n) is 7.39. The van der Waals surface area contributed by atoms with Crippen LogP contribution in [0.25, 0.3) is 0 Å². The molecule has 1 heterocycles. The molecule has 0 aromatic carbocycles. The number of rotatable bonds is 3. The van der Waals surface area contributed by atoms with Gasteiger partial charge in [0.25, 0.3) is 0 Å². The predicted octanol–water partition coefficient (Wildman–Crippen LogP) is 2.13. The lowest BCUT2D eigenvalue weighted by molar-refractivity contribution is -0.141. The number of urea groups is 1. The summed E-state index contributed by atoms with van der Waals surface area (Å²) in [5.41, 5.74) is 0. The van der Waals surface area contributed by atoms with Crippen LogP contribution in [0.4, 0.5) is 4.79 Å². The van der Waals surface area contributed by atoms with Crippen LogP contribution in [-0.4, -0.2) is 41.0 Å². The molecular formula is C19H25N3O3. The first-order valence-corrected chi connectivity index (χ1v) is 9.81. The zero-order valence-electron chi connectivity index (χ0n) is 14.4. The van der Waals surface area contributed by atoms with Gasteiger partial charge >= 0.3 is 6.03 Å². The number of nitrogens with one attached hydrogen (secondary N) is 1. The Kier molecular flexibility index (Phi) is 3.51. The first-order chi connectivity index (χ1) is 12.1. The molecule has 4 amide bonds. The van der Waals surface area contributed by atoms with Gasteiger partial charge in [0.15, 0.2) is 5.92 Å². The highest BCUT2D eigenvalue weighted by molar-refractivity contribution is 6.23. The van der Waals surface area contributed by atoms with Crippen LogP contribution in [-0.2, 0) is 9.59 Å². The lowest BCUT2D eigenvalue weighted by atomic mass is 9.92. The maximum Gasteiger partial charge on any atom is 0.331 e. The third kappa shape index (κ3) is 2.44. The fourth-order valence-electron chi connectivity index (χ4n) is 6.17. The Morgan fingerprint density at radius 1 is 0.920 bits per heavy atom. The molecule has 6 nitrogen and oxygen atoms in total. The van der Waals surface area contributed by atoms with Crippen molar-refractivity contribution in [3.8, 4) is 0 Å². The maximum atomic E-state index is 12.9. The van der Waals surface area contributed by atoms with Gasteiger partial charge in [0.2, 0.25) is 11.8 Å². The van der Waals surface area contributed by atoms with Crippen molar-refractivity contribution in [3.63, 3.8) is 0 Å². The van der Waals surface area contributed by atoms with Crippen molar-refractivity contribution >= 4 is 24.1 Å². The SMILES string of the molecule is O=C1NC(=O)N([C@@H]2C[C@H]3CC[C@H]2C3)C(=O)[C@@H]1C=N[C@H]1C[C@H]2CC[C@H]1C2. The highest BCUT2D eigenvalue weighted by atomic mass is 16.2. The average Bonchev–Trinajstić information content (AvgIpc) is 3.35. The molecule has 1 aliphatic heterocycles. The zero-order valence-corrected chi connectivity index (χ0v) is 14.4. The molecule has 0 unspecified atom stereocenters. The molecule has 0 spiro atoms. The van der Waals surface area contributed by atoms with E-state index in [4.69, 9.17) is 0 Å². The topological polar surface area (TPSA) is 78.8 Å². The molecule has 4 saturated carbocycles. The first kappa shape index (κ1) is 15.5. The molecule has 5 fully saturated rings. The van der Waals surface area contributed by atoms with Gasteiger partial charge < -0.3 is 0 Å². The van der Waals surface area contributed by atoms with E-state index >= 15 is 0 Å². The molecule has 0 radical (unpaired) electrons. The van der Waals surface area contributed by atoms with E-state index in [1.54, 1.807) is 0 Å². The third-order valence-corrected chi connectivity index (χ3v) is 7.39. The normalized spacial score (nSPS) is 45.8. The molecule has 1 N–H and O–H groups in total. The van der Waals surface area contributed by atoms with Crippen molar-refractivity contribution < 1.29 is 14.4 Å². The van der Waals surface area contributed by atoms with E-state index < -0.39 is 17.9 Å². The van der Waals surface area contributed by atoms with E-state index in [0.29, 0.717) is 17.8 Å². The number of barbiturate groups is 1. The van der Waals surface area contributed by atoms with Crippen LogP contribution in [0.1, 0.15) is 51.4 Å². The summed E-state index contributed by atoms with van der Waals surface area (Å²) in [5.74, 6) is 0.627. The number of carbonyl (C=O) groups excluding carboxylic acids is 3. The van der Waals surface area contributed by atoms with Gasteiger partial charge in [0.05, 0.1) is 6.04 Å². The first-order valence-electron chi connectivity index (χ1n) is 9.81. The Balaban J connectivity index is 1.33. The van der Waals surface area contributed by atoms with E-state index in [-0.39, 0.29) is 18.0 Å². The van der Waals surface area contributed by atoms with E-state index in [1.165, 1.54) is 36.8 Å². The molecule has 5 aliphatic rings. The van der Waals surface area contributed by atoms with Crippen molar-refractivity contribution in [2.45, 2.75) is 63.5 Å². The molecule has 7 atom stereocenters. The second-order valence-corrected chi connectivity index (χ2v) is 8.76. The van der Waals surface area contributed by atoms with Crippen LogP contribution >= 0.6 is 0 Å². The van der Waals surface area contributed by atoms with E-state index in [0.717, 1.165) is 31.6 Å². The fourth-order valence-corrected chi connectivity index (χ4v) is 6.17. The average molecular weight is 343 g/mol. The minimum Gasteiger partial charge on any atom is -0.293 e. The summed E-state index contributed by atoms with van der Waals surface area (Å²) in [4.78, 5) is 43.4. The molecule has 0 aromatic heterocycles. The predicted molar refractivity (Wildman–Crippen MR) is 90.8 cm³/mol. The molecule has 6 heteroatoms. The number of amides is 4. The van der Waals surface area contributed by atoms with Crippen molar-refractivity contribution in [1.82, 2.24) is 10.2 Å². The van der Waals surface area contributed by atoms with Crippen molar-refractivity contribution in [2.75, 3.05) is 0 Å². The number of aliphatic imine (C=N–C) groups is 1. The molecule has 4 bridgehead atoms. The Morgan fingerprint density at radius 2 is 1.64 bits per heavy atom. The molecule has 4 aliphatic carbocycles. The van der Waals surface area contributed by atoms with Crippen LogP contribution in [0.15, 0.2) is 4.99 Å². The summed E-state index contributed by atoms with van der Waals surface area (Å²) in [6.45, 7) is 0. The minimum absolute atomic E-state index is 0.0299.